The summed E-state index contributed by atoms with van der Waals surface area (Å²) in [6.07, 6.45) is 0.913. The molecule has 0 fully saturated rings. The highest BCUT2D eigenvalue weighted by Crippen LogP contribution is 2.13. The molecule has 74 valence electrons. The lowest BCUT2D eigenvalue weighted by Gasteiger charge is -2.17. The van der Waals surface area contributed by atoms with E-state index in [4.69, 9.17) is 9.52 Å². The highest BCUT2D eigenvalue weighted by Gasteiger charge is 2.12. The summed E-state index contributed by atoms with van der Waals surface area (Å²) in [5.41, 5.74) is 0. The Hall–Kier alpha value is -0.840. The number of nitrogens with zero attached hydrogens (tertiary/aromatic N) is 1. The quantitative estimate of drug-likeness (QED) is 0.689. The van der Waals surface area contributed by atoms with Gasteiger partial charge >= 0.3 is 0 Å². The normalized spacial score (nSPS) is 13.5. The first-order chi connectivity index (χ1) is 6.24. The van der Waals surface area contributed by atoms with Crippen LogP contribution in [0.3, 0.4) is 0 Å². The highest BCUT2D eigenvalue weighted by molar-refractivity contribution is 5.02. The predicted molar refractivity (Wildman–Crippen MR) is 48.3 cm³/mol. The van der Waals surface area contributed by atoms with Crippen LogP contribution in [0, 0.1) is 0 Å². The molecule has 0 saturated carbocycles. The van der Waals surface area contributed by atoms with Gasteiger partial charge < -0.3 is 19.5 Å². The second kappa shape index (κ2) is 5.01. The lowest BCUT2D eigenvalue weighted by atomic mass is 10.2. The Morgan fingerprint density at radius 2 is 2.38 bits per heavy atom. The van der Waals surface area contributed by atoms with Gasteiger partial charge in [-0.05, 0) is 19.2 Å². The van der Waals surface area contributed by atoms with Crippen molar-refractivity contribution in [1.29, 1.82) is 0 Å². The van der Waals surface area contributed by atoms with Crippen molar-refractivity contribution in [2.24, 2.45) is 0 Å². The van der Waals surface area contributed by atoms with Crippen LogP contribution in [0.25, 0.3) is 0 Å². The van der Waals surface area contributed by atoms with E-state index in [-0.39, 0.29) is 6.61 Å². The molecule has 2 N–H and O–H groups in total. The van der Waals surface area contributed by atoms with Gasteiger partial charge in [0, 0.05) is 13.1 Å². The van der Waals surface area contributed by atoms with Crippen LogP contribution in [0.1, 0.15) is 11.9 Å². The molecule has 1 aromatic heterocycles. The average Bonchev–Trinajstić information content (AvgIpc) is 2.55. The Kier molecular flexibility index (Phi) is 3.95. The van der Waals surface area contributed by atoms with E-state index in [0.29, 0.717) is 18.8 Å². The maximum atomic E-state index is 9.59. The zero-order valence-corrected chi connectivity index (χ0v) is 7.68. The van der Waals surface area contributed by atoms with Gasteiger partial charge in [-0.15, -0.1) is 0 Å². The van der Waals surface area contributed by atoms with E-state index < -0.39 is 6.10 Å². The molecule has 4 heteroatoms. The minimum Gasteiger partial charge on any atom is -0.467 e. The van der Waals surface area contributed by atoms with Crippen LogP contribution in [0.2, 0.25) is 0 Å². The molecule has 0 bridgehead atoms. The number of hydrogen-bond acceptors (Lipinski definition) is 4. The van der Waals surface area contributed by atoms with Gasteiger partial charge in [-0.3, -0.25) is 0 Å². The van der Waals surface area contributed by atoms with Crippen molar-refractivity contribution in [3.05, 3.63) is 24.2 Å². The van der Waals surface area contributed by atoms with Crippen molar-refractivity contribution in [1.82, 2.24) is 4.90 Å². The van der Waals surface area contributed by atoms with E-state index in [0.717, 1.165) is 0 Å². The minimum absolute atomic E-state index is 0.0986. The molecule has 1 aromatic rings. The SMILES string of the molecule is CN(CCO)CC(O)c1ccco1. The lowest BCUT2D eigenvalue weighted by Crippen LogP contribution is -2.27. The van der Waals surface area contributed by atoms with E-state index >= 15 is 0 Å². The van der Waals surface area contributed by atoms with E-state index in [9.17, 15) is 5.11 Å². The van der Waals surface area contributed by atoms with Crippen LogP contribution >= 0.6 is 0 Å². The Balaban J connectivity index is 2.37. The minimum atomic E-state index is -0.619. The topological polar surface area (TPSA) is 56.8 Å². The summed E-state index contributed by atoms with van der Waals surface area (Å²) in [5, 5.41) is 18.2. The van der Waals surface area contributed by atoms with Gasteiger partial charge in [0.25, 0.3) is 0 Å². The van der Waals surface area contributed by atoms with E-state index in [1.807, 2.05) is 11.9 Å². The van der Waals surface area contributed by atoms with Crippen LogP contribution in [-0.2, 0) is 0 Å². The first-order valence-corrected chi connectivity index (χ1v) is 4.25. The van der Waals surface area contributed by atoms with Crippen LogP contribution in [0.5, 0.6) is 0 Å². The summed E-state index contributed by atoms with van der Waals surface area (Å²) in [7, 11) is 1.84. The number of aliphatic hydroxyl groups excluding tert-OH is 2. The Labute approximate surface area is 77.4 Å². The molecule has 0 aromatic carbocycles. The van der Waals surface area contributed by atoms with Crippen LogP contribution in [0.4, 0.5) is 0 Å². The summed E-state index contributed by atoms with van der Waals surface area (Å²) in [5.74, 6) is 0.560. The fourth-order valence-corrected chi connectivity index (χ4v) is 1.13. The number of likely N-dealkylation sites (N-methyl/N-ethyl adjacent to an activating group) is 1. The molecule has 0 spiro atoms. The van der Waals surface area contributed by atoms with E-state index in [1.54, 1.807) is 12.1 Å². The molecule has 0 amide bonds. The highest BCUT2D eigenvalue weighted by atomic mass is 16.4. The summed E-state index contributed by atoms with van der Waals surface area (Å²) in [6, 6.07) is 3.47. The van der Waals surface area contributed by atoms with Crippen molar-refractivity contribution in [2.75, 3.05) is 26.7 Å². The fourth-order valence-electron chi connectivity index (χ4n) is 1.13. The van der Waals surface area contributed by atoms with Crippen molar-refractivity contribution < 1.29 is 14.6 Å². The van der Waals surface area contributed by atoms with Crippen molar-refractivity contribution >= 4 is 0 Å². The van der Waals surface area contributed by atoms with Crippen LogP contribution in [-0.4, -0.2) is 41.9 Å². The first kappa shape index (κ1) is 10.2. The average molecular weight is 185 g/mol. The Bertz CT molecular complexity index is 223. The molecule has 13 heavy (non-hydrogen) atoms. The number of aliphatic hydroxyl groups is 2. The summed E-state index contributed by atoms with van der Waals surface area (Å²) >= 11 is 0. The maximum Gasteiger partial charge on any atom is 0.133 e. The second-order valence-corrected chi connectivity index (χ2v) is 3.02. The number of rotatable bonds is 5. The van der Waals surface area contributed by atoms with Gasteiger partial charge in [0.1, 0.15) is 11.9 Å². The molecule has 0 aliphatic heterocycles. The molecule has 0 aliphatic rings. The third kappa shape index (κ3) is 3.18. The largest absolute Gasteiger partial charge is 0.467 e. The van der Waals surface area contributed by atoms with Crippen LogP contribution in [0.15, 0.2) is 22.8 Å². The molecule has 4 nitrogen and oxygen atoms in total. The predicted octanol–water partition coefficient (Wildman–Crippen LogP) is 0.237. The first-order valence-electron chi connectivity index (χ1n) is 4.25. The molecular formula is C9H15NO3. The van der Waals surface area contributed by atoms with E-state index in [2.05, 4.69) is 0 Å². The molecule has 1 rings (SSSR count). The second-order valence-electron chi connectivity index (χ2n) is 3.02. The van der Waals surface area contributed by atoms with Gasteiger partial charge in [-0.25, -0.2) is 0 Å². The molecule has 1 atom stereocenters. The molecule has 1 heterocycles. The monoisotopic (exact) mass is 185 g/mol. The zero-order valence-electron chi connectivity index (χ0n) is 7.68. The summed E-state index contributed by atoms with van der Waals surface area (Å²) < 4.78 is 5.04. The van der Waals surface area contributed by atoms with Crippen LogP contribution < -0.4 is 0 Å². The Morgan fingerprint density at radius 1 is 1.62 bits per heavy atom. The third-order valence-corrected chi connectivity index (χ3v) is 1.84. The number of furan rings is 1. The lowest BCUT2D eigenvalue weighted by molar-refractivity contribution is 0.0971. The molecule has 1 unspecified atom stereocenters. The summed E-state index contributed by atoms with van der Waals surface area (Å²) in [4.78, 5) is 1.84. The van der Waals surface area contributed by atoms with Gasteiger partial charge in [0.2, 0.25) is 0 Å². The number of hydrogen-bond donors (Lipinski definition) is 2. The summed E-state index contributed by atoms with van der Waals surface area (Å²) in [6.45, 7) is 1.12. The molecular weight excluding hydrogens is 170 g/mol. The zero-order chi connectivity index (χ0) is 9.68. The van der Waals surface area contributed by atoms with E-state index in [1.165, 1.54) is 6.26 Å². The van der Waals surface area contributed by atoms with Crippen molar-refractivity contribution in [3.8, 4) is 0 Å². The molecule has 0 aliphatic carbocycles. The van der Waals surface area contributed by atoms with Gasteiger partial charge in [-0.1, -0.05) is 0 Å². The standard InChI is InChI=1S/C9H15NO3/c1-10(4-5-11)7-8(12)9-3-2-6-13-9/h2-3,6,8,11-12H,4-5,7H2,1H3. The third-order valence-electron chi connectivity index (χ3n) is 1.84. The maximum absolute atomic E-state index is 9.59. The molecule has 0 radical (unpaired) electrons. The van der Waals surface area contributed by atoms with Crippen molar-refractivity contribution in [3.63, 3.8) is 0 Å². The van der Waals surface area contributed by atoms with Gasteiger partial charge in [-0.2, -0.15) is 0 Å². The van der Waals surface area contributed by atoms with Gasteiger partial charge in [0.15, 0.2) is 0 Å². The van der Waals surface area contributed by atoms with Gasteiger partial charge in [0.05, 0.1) is 12.9 Å². The smallest absolute Gasteiger partial charge is 0.133 e. The Morgan fingerprint density at radius 3 is 2.92 bits per heavy atom. The molecule has 0 saturated heterocycles. The van der Waals surface area contributed by atoms with Crippen molar-refractivity contribution in [2.45, 2.75) is 6.10 Å². The fraction of sp³-hybridized carbons (Fsp3) is 0.556.